The maximum atomic E-state index is 13.1. The SMILES string of the molecule is CCN(CC)C(=O)CSc1nnc(NC(=O)c2nn(-c3ccc(F)cc3)cc2OC)s1. The lowest BCUT2D eigenvalue weighted by Crippen LogP contribution is -2.31. The highest BCUT2D eigenvalue weighted by Crippen LogP contribution is 2.27. The fraction of sp³-hybridized carbons (Fsp3) is 0.316. The average Bonchev–Trinajstić information content (AvgIpc) is 3.40. The van der Waals surface area contributed by atoms with Crippen LogP contribution in [-0.4, -0.2) is 62.6 Å². The van der Waals surface area contributed by atoms with E-state index in [2.05, 4.69) is 20.6 Å². The molecule has 0 spiro atoms. The molecule has 0 aliphatic heterocycles. The van der Waals surface area contributed by atoms with Gasteiger partial charge in [-0.1, -0.05) is 23.1 Å². The van der Waals surface area contributed by atoms with Crippen molar-refractivity contribution in [2.24, 2.45) is 0 Å². The molecule has 1 N–H and O–H groups in total. The van der Waals surface area contributed by atoms with Crippen LogP contribution < -0.4 is 10.1 Å². The minimum atomic E-state index is -0.523. The van der Waals surface area contributed by atoms with Gasteiger partial charge in [-0.25, -0.2) is 9.07 Å². The van der Waals surface area contributed by atoms with Crippen molar-refractivity contribution in [1.82, 2.24) is 24.9 Å². The minimum Gasteiger partial charge on any atom is -0.493 e. The van der Waals surface area contributed by atoms with Crippen LogP contribution in [0.25, 0.3) is 5.69 Å². The number of rotatable bonds is 9. The van der Waals surface area contributed by atoms with E-state index in [0.29, 0.717) is 23.1 Å². The monoisotopic (exact) mass is 464 g/mol. The molecule has 0 radical (unpaired) electrons. The number of ether oxygens (including phenoxy) is 1. The Morgan fingerprint density at radius 2 is 1.94 bits per heavy atom. The lowest BCUT2D eigenvalue weighted by atomic mass is 10.3. The number of anilines is 1. The van der Waals surface area contributed by atoms with Gasteiger partial charge in [0, 0.05) is 13.1 Å². The van der Waals surface area contributed by atoms with Crippen molar-refractivity contribution in [3.8, 4) is 11.4 Å². The van der Waals surface area contributed by atoms with Crippen molar-refractivity contribution in [1.29, 1.82) is 0 Å². The maximum Gasteiger partial charge on any atom is 0.281 e. The molecular weight excluding hydrogens is 443 g/mol. The number of aromatic nitrogens is 4. The third-order valence-electron chi connectivity index (χ3n) is 4.27. The number of amides is 2. The van der Waals surface area contributed by atoms with Crippen LogP contribution in [-0.2, 0) is 4.79 Å². The first-order valence-corrected chi connectivity index (χ1v) is 11.2. The largest absolute Gasteiger partial charge is 0.493 e. The molecule has 0 saturated heterocycles. The molecule has 3 rings (SSSR count). The van der Waals surface area contributed by atoms with E-state index < -0.39 is 5.91 Å². The highest BCUT2D eigenvalue weighted by Gasteiger charge is 2.20. The number of carbonyl (C=O) groups excluding carboxylic acids is 2. The molecule has 0 fully saturated rings. The molecule has 0 saturated carbocycles. The summed E-state index contributed by atoms with van der Waals surface area (Å²) in [5.74, 6) is -0.369. The molecule has 31 heavy (non-hydrogen) atoms. The van der Waals surface area contributed by atoms with Gasteiger partial charge in [-0.05, 0) is 38.1 Å². The number of thioether (sulfide) groups is 1. The van der Waals surface area contributed by atoms with Crippen molar-refractivity contribution in [2.45, 2.75) is 18.2 Å². The van der Waals surface area contributed by atoms with Crippen LogP contribution in [0.4, 0.5) is 9.52 Å². The standard InChI is InChI=1S/C19H21FN6O3S2/c1-4-25(5-2)15(27)11-30-19-23-22-18(31-19)21-17(28)16-14(29-3)10-26(24-16)13-8-6-12(20)7-9-13/h6-10H,4-5,11H2,1-3H3,(H,21,22,28). The maximum absolute atomic E-state index is 13.1. The van der Waals surface area contributed by atoms with Crippen LogP contribution in [0.3, 0.4) is 0 Å². The second-order valence-corrected chi connectivity index (χ2v) is 8.35. The lowest BCUT2D eigenvalue weighted by molar-refractivity contribution is -0.127. The Labute approximate surface area is 186 Å². The summed E-state index contributed by atoms with van der Waals surface area (Å²) in [5, 5.41) is 15.1. The first-order valence-electron chi connectivity index (χ1n) is 9.40. The van der Waals surface area contributed by atoms with E-state index in [1.807, 2.05) is 13.8 Å². The second kappa shape index (κ2) is 10.4. The zero-order valence-electron chi connectivity index (χ0n) is 17.2. The van der Waals surface area contributed by atoms with Crippen molar-refractivity contribution >= 4 is 40.0 Å². The fourth-order valence-corrected chi connectivity index (χ4v) is 4.31. The number of hydrogen-bond donors (Lipinski definition) is 1. The number of hydrogen-bond acceptors (Lipinski definition) is 8. The van der Waals surface area contributed by atoms with E-state index in [1.165, 1.54) is 54.0 Å². The van der Waals surface area contributed by atoms with Gasteiger partial charge in [-0.15, -0.1) is 10.2 Å². The van der Waals surface area contributed by atoms with Gasteiger partial charge in [0.25, 0.3) is 5.91 Å². The lowest BCUT2D eigenvalue weighted by Gasteiger charge is -2.17. The third kappa shape index (κ3) is 5.58. The summed E-state index contributed by atoms with van der Waals surface area (Å²) < 4.78 is 20.4. The first-order chi connectivity index (χ1) is 14.9. The summed E-state index contributed by atoms with van der Waals surface area (Å²) in [5.41, 5.74) is 0.624. The number of carbonyl (C=O) groups is 2. The van der Waals surface area contributed by atoms with Crippen molar-refractivity contribution in [3.05, 3.63) is 42.0 Å². The molecule has 2 heterocycles. The number of methoxy groups -OCH3 is 1. The van der Waals surface area contributed by atoms with Crippen molar-refractivity contribution in [3.63, 3.8) is 0 Å². The third-order valence-corrected chi connectivity index (χ3v) is 6.23. The van der Waals surface area contributed by atoms with Gasteiger partial charge in [0.1, 0.15) is 5.82 Å². The molecule has 3 aromatic rings. The van der Waals surface area contributed by atoms with E-state index in [-0.39, 0.29) is 34.1 Å². The van der Waals surface area contributed by atoms with Crippen LogP contribution in [0.5, 0.6) is 5.75 Å². The minimum absolute atomic E-state index is 0.0202. The second-order valence-electron chi connectivity index (χ2n) is 6.15. The van der Waals surface area contributed by atoms with Gasteiger partial charge in [-0.3, -0.25) is 14.9 Å². The molecule has 0 atom stereocenters. The summed E-state index contributed by atoms with van der Waals surface area (Å²) in [6, 6.07) is 5.68. The molecule has 0 aliphatic rings. The van der Waals surface area contributed by atoms with Crippen molar-refractivity contribution in [2.75, 3.05) is 31.3 Å². The van der Waals surface area contributed by atoms with Crippen LogP contribution in [0.1, 0.15) is 24.3 Å². The van der Waals surface area contributed by atoms with E-state index in [9.17, 15) is 14.0 Å². The quantitative estimate of drug-likeness (QED) is 0.383. The van der Waals surface area contributed by atoms with Crippen LogP contribution in [0.2, 0.25) is 0 Å². The highest BCUT2D eigenvalue weighted by molar-refractivity contribution is 8.01. The Hall–Kier alpha value is -2.99. The zero-order valence-corrected chi connectivity index (χ0v) is 18.8. The smallest absolute Gasteiger partial charge is 0.281 e. The topological polar surface area (TPSA) is 102 Å². The first kappa shape index (κ1) is 22.7. The molecule has 0 unspecified atom stereocenters. The van der Waals surface area contributed by atoms with Crippen LogP contribution >= 0.6 is 23.1 Å². The molecule has 2 aromatic heterocycles. The van der Waals surface area contributed by atoms with Crippen molar-refractivity contribution < 1.29 is 18.7 Å². The summed E-state index contributed by atoms with van der Waals surface area (Å²) >= 11 is 2.43. The summed E-state index contributed by atoms with van der Waals surface area (Å²) in [6.45, 7) is 5.16. The van der Waals surface area contributed by atoms with E-state index in [0.717, 1.165) is 11.3 Å². The van der Waals surface area contributed by atoms with Gasteiger partial charge in [0.15, 0.2) is 15.8 Å². The fourth-order valence-electron chi connectivity index (χ4n) is 2.66. The van der Waals surface area contributed by atoms with E-state index >= 15 is 0 Å². The number of halogens is 1. The Morgan fingerprint density at radius 1 is 1.23 bits per heavy atom. The number of benzene rings is 1. The molecule has 164 valence electrons. The number of nitrogens with one attached hydrogen (secondary N) is 1. The molecule has 0 bridgehead atoms. The molecule has 9 nitrogen and oxygen atoms in total. The molecular formula is C19H21FN6O3S2. The Morgan fingerprint density at radius 3 is 2.58 bits per heavy atom. The number of nitrogens with zero attached hydrogens (tertiary/aromatic N) is 5. The predicted molar refractivity (Wildman–Crippen MR) is 117 cm³/mol. The van der Waals surface area contributed by atoms with Gasteiger partial charge in [-0.2, -0.15) is 5.10 Å². The van der Waals surface area contributed by atoms with E-state index in [4.69, 9.17) is 4.74 Å². The highest BCUT2D eigenvalue weighted by atomic mass is 32.2. The Bertz CT molecular complexity index is 1050. The van der Waals surface area contributed by atoms with Gasteiger partial charge >= 0.3 is 0 Å². The summed E-state index contributed by atoms with van der Waals surface area (Å²) in [4.78, 5) is 26.5. The summed E-state index contributed by atoms with van der Waals surface area (Å²) in [6.07, 6.45) is 1.53. The Balaban J connectivity index is 1.67. The molecule has 12 heteroatoms. The average molecular weight is 465 g/mol. The van der Waals surface area contributed by atoms with Gasteiger partial charge < -0.3 is 9.64 Å². The van der Waals surface area contributed by atoms with Crippen LogP contribution in [0.15, 0.2) is 34.8 Å². The predicted octanol–water partition coefficient (Wildman–Crippen LogP) is 3.08. The molecule has 2 amide bonds. The van der Waals surface area contributed by atoms with Gasteiger partial charge in [0.2, 0.25) is 11.0 Å². The van der Waals surface area contributed by atoms with E-state index in [1.54, 1.807) is 4.90 Å². The normalized spacial score (nSPS) is 10.7. The zero-order chi connectivity index (χ0) is 22.4. The van der Waals surface area contributed by atoms with Crippen LogP contribution in [0, 0.1) is 5.82 Å². The molecule has 1 aromatic carbocycles. The summed E-state index contributed by atoms with van der Waals surface area (Å²) in [7, 11) is 1.43. The Kier molecular flexibility index (Phi) is 7.58. The van der Waals surface area contributed by atoms with Gasteiger partial charge in [0.05, 0.1) is 24.7 Å². The molecule has 0 aliphatic carbocycles.